The average molecular weight is 487 g/mol. The molecule has 0 N–H and O–H groups in total. The first kappa shape index (κ1) is 22.4. The molecule has 32 heavy (non-hydrogen) atoms. The molecule has 0 radical (unpaired) electrons. The maximum absolute atomic E-state index is 2.16. The van der Waals surface area contributed by atoms with Gasteiger partial charge in [-0.1, -0.05) is 48.6 Å². The zero-order chi connectivity index (χ0) is 21.8. The summed E-state index contributed by atoms with van der Waals surface area (Å²) in [7, 11) is 0. The van der Waals surface area contributed by atoms with Gasteiger partial charge in [0.1, 0.15) is 0 Å². The third-order valence-corrected chi connectivity index (χ3v) is 7.98. The zero-order valence-corrected chi connectivity index (χ0v) is 20.6. The van der Waals surface area contributed by atoms with E-state index in [2.05, 4.69) is 132 Å². The highest BCUT2D eigenvalue weighted by Gasteiger charge is 1.94. The second-order valence-electron chi connectivity index (χ2n) is 6.67. The molecule has 158 valence electrons. The third-order valence-electron chi connectivity index (χ3n) is 4.28. The van der Waals surface area contributed by atoms with Gasteiger partial charge in [-0.3, -0.25) is 0 Å². The normalized spacial score (nSPS) is 12.9. The highest BCUT2D eigenvalue weighted by atomic mass is 32.1. The maximum Gasteiger partial charge on any atom is 0.0276 e. The molecule has 0 spiro atoms. The Labute approximate surface area is 205 Å². The van der Waals surface area contributed by atoms with Crippen LogP contribution in [-0.4, -0.2) is 0 Å². The fourth-order valence-electron chi connectivity index (χ4n) is 2.77. The van der Waals surface area contributed by atoms with Crippen molar-refractivity contribution in [2.45, 2.75) is 0 Å². The lowest BCUT2D eigenvalue weighted by molar-refractivity contribution is 1.89. The molecule has 0 aliphatic carbocycles. The predicted octanol–water partition coefficient (Wildman–Crippen LogP) is 10.1. The van der Waals surface area contributed by atoms with Crippen LogP contribution in [0, 0.1) is 0 Å². The molecular formula is C28H22S4. The molecule has 0 unspecified atom stereocenters. The van der Waals surface area contributed by atoms with E-state index in [0.29, 0.717) is 0 Å². The summed E-state index contributed by atoms with van der Waals surface area (Å²) in [5, 5.41) is 4.19. The van der Waals surface area contributed by atoms with Gasteiger partial charge in [-0.15, -0.1) is 45.3 Å². The number of rotatable bonds is 9. The Morgan fingerprint density at radius 2 is 0.688 bits per heavy atom. The van der Waals surface area contributed by atoms with Gasteiger partial charge in [0.2, 0.25) is 0 Å². The summed E-state index contributed by atoms with van der Waals surface area (Å²) >= 11 is 7.08. The highest BCUT2D eigenvalue weighted by molar-refractivity contribution is 7.14. The van der Waals surface area contributed by atoms with Gasteiger partial charge in [0, 0.05) is 29.3 Å². The van der Waals surface area contributed by atoms with Gasteiger partial charge in [-0.2, -0.15) is 0 Å². The van der Waals surface area contributed by atoms with Crippen LogP contribution in [0.3, 0.4) is 0 Å². The van der Waals surface area contributed by atoms with Crippen molar-refractivity contribution < 1.29 is 0 Å². The largest absolute Gasteiger partial charge is 0.144 e. The SMILES string of the molecule is C(/C=C/c1ccc(/C=C/C=C/c2ccc(/C=C/C=C/c3cccs3)s2)s1)=C\c1cccs1. The van der Waals surface area contributed by atoms with E-state index >= 15 is 0 Å². The molecule has 0 saturated carbocycles. The summed E-state index contributed by atoms with van der Waals surface area (Å²) in [6.07, 6.45) is 25.5. The van der Waals surface area contributed by atoms with Gasteiger partial charge >= 0.3 is 0 Å². The van der Waals surface area contributed by atoms with Crippen molar-refractivity contribution in [2.75, 3.05) is 0 Å². The van der Waals surface area contributed by atoms with Crippen LogP contribution in [0.25, 0.3) is 36.5 Å². The third kappa shape index (κ3) is 7.43. The first-order chi connectivity index (χ1) is 15.8. The second-order valence-corrected chi connectivity index (χ2v) is 10.9. The molecular weight excluding hydrogens is 465 g/mol. The minimum absolute atomic E-state index is 1.25. The van der Waals surface area contributed by atoms with E-state index in [1.54, 1.807) is 45.3 Å². The van der Waals surface area contributed by atoms with Crippen molar-refractivity contribution in [1.29, 1.82) is 0 Å². The number of allylic oxidation sites excluding steroid dienone is 6. The van der Waals surface area contributed by atoms with Gasteiger partial charge in [0.15, 0.2) is 0 Å². The molecule has 0 nitrogen and oxygen atoms in total. The van der Waals surface area contributed by atoms with Gasteiger partial charge in [0.25, 0.3) is 0 Å². The summed E-state index contributed by atoms with van der Waals surface area (Å²) in [5.74, 6) is 0. The minimum atomic E-state index is 1.25. The Hall–Kier alpha value is -2.76. The molecule has 0 aliphatic heterocycles. The molecule has 0 amide bonds. The van der Waals surface area contributed by atoms with Gasteiger partial charge in [-0.05, 0) is 83.6 Å². The minimum Gasteiger partial charge on any atom is -0.144 e. The summed E-state index contributed by atoms with van der Waals surface area (Å²) in [4.78, 5) is 7.57. The topological polar surface area (TPSA) is 0 Å². The van der Waals surface area contributed by atoms with Crippen molar-refractivity contribution in [3.05, 3.63) is 125 Å². The molecule has 0 aliphatic rings. The molecule has 4 heterocycles. The summed E-state index contributed by atoms with van der Waals surface area (Å²) in [6.45, 7) is 0. The Kier molecular flexibility index (Phi) is 8.64. The monoisotopic (exact) mass is 486 g/mol. The van der Waals surface area contributed by atoms with E-state index < -0.39 is 0 Å². The Balaban J connectivity index is 1.25. The van der Waals surface area contributed by atoms with Crippen LogP contribution in [0.4, 0.5) is 0 Å². The van der Waals surface area contributed by atoms with E-state index in [1.165, 1.54) is 29.3 Å². The van der Waals surface area contributed by atoms with E-state index in [-0.39, 0.29) is 0 Å². The Bertz CT molecular complexity index is 1150. The Morgan fingerprint density at radius 1 is 0.375 bits per heavy atom. The molecule has 0 aromatic carbocycles. The van der Waals surface area contributed by atoms with E-state index in [9.17, 15) is 0 Å². The Morgan fingerprint density at radius 3 is 0.969 bits per heavy atom. The molecule has 4 aromatic rings. The molecule has 0 fully saturated rings. The lowest BCUT2D eigenvalue weighted by Crippen LogP contribution is -1.58. The summed E-state index contributed by atoms with van der Waals surface area (Å²) in [6, 6.07) is 17.0. The summed E-state index contributed by atoms with van der Waals surface area (Å²) in [5.41, 5.74) is 0. The van der Waals surface area contributed by atoms with Crippen molar-refractivity contribution in [1.82, 2.24) is 0 Å². The molecule has 4 aromatic heterocycles. The lowest BCUT2D eigenvalue weighted by Gasteiger charge is -1.84. The van der Waals surface area contributed by atoms with Gasteiger partial charge in [0.05, 0.1) is 0 Å². The first-order valence-corrected chi connectivity index (χ1v) is 13.6. The van der Waals surface area contributed by atoms with E-state index in [4.69, 9.17) is 0 Å². The molecule has 0 saturated heterocycles. The molecule has 4 rings (SSSR count). The van der Waals surface area contributed by atoms with Crippen LogP contribution in [0.5, 0.6) is 0 Å². The van der Waals surface area contributed by atoms with Crippen LogP contribution in [0.15, 0.2) is 95.7 Å². The average Bonchev–Trinajstić information content (AvgIpc) is 3.61. The lowest BCUT2D eigenvalue weighted by atomic mass is 10.3. The highest BCUT2D eigenvalue weighted by Crippen LogP contribution is 2.21. The molecule has 0 atom stereocenters. The number of hydrogen-bond donors (Lipinski definition) is 0. The predicted molar refractivity (Wildman–Crippen MR) is 151 cm³/mol. The smallest absolute Gasteiger partial charge is 0.0276 e. The standard InChI is InChI=1S/C28H22S4/c1(9-23-15-7-21-29-23)3-11-25-17-19-27(31-25)13-5-6-14-28-20-18-26(32-28)12-4-2-10-24-16-8-22-30-24/h1-22H/b9-1+,10-2+,11-3+,12-4+,13-5+,14-6+. The maximum atomic E-state index is 2.16. The van der Waals surface area contributed by atoms with E-state index in [1.807, 2.05) is 0 Å². The van der Waals surface area contributed by atoms with Gasteiger partial charge in [-0.25, -0.2) is 0 Å². The fourth-order valence-corrected chi connectivity index (χ4v) is 5.70. The van der Waals surface area contributed by atoms with Crippen LogP contribution >= 0.6 is 45.3 Å². The first-order valence-electron chi connectivity index (χ1n) is 10.2. The quantitative estimate of drug-likeness (QED) is 0.206. The number of thiophene rings is 4. The van der Waals surface area contributed by atoms with Crippen LogP contribution in [0.1, 0.15) is 29.3 Å². The van der Waals surface area contributed by atoms with Crippen LogP contribution < -0.4 is 0 Å². The van der Waals surface area contributed by atoms with Crippen molar-refractivity contribution >= 4 is 81.8 Å². The zero-order valence-electron chi connectivity index (χ0n) is 17.3. The van der Waals surface area contributed by atoms with Crippen molar-refractivity contribution in [3.63, 3.8) is 0 Å². The van der Waals surface area contributed by atoms with Crippen LogP contribution in [0.2, 0.25) is 0 Å². The summed E-state index contributed by atoms with van der Waals surface area (Å²) < 4.78 is 0. The van der Waals surface area contributed by atoms with Crippen molar-refractivity contribution in [2.24, 2.45) is 0 Å². The molecule has 0 bridgehead atoms. The number of hydrogen-bond acceptors (Lipinski definition) is 4. The van der Waals surface area contributed by atoms with Crippen molar-refractivity contribution in [3.8, 4) is 0 Å². The van der Waals surface area contributed by atoms with Crippen LogP contribution in [-0.2, 0) is 0 Å². The second kappa shape index (κ2) is 12.3. The molecule has 4 heteroatoms. The van der Waals surface area contributed by atoms with Gasteiger partial charge < -0.3 is 0 Å². The van der Waals surface area contributed by atoms with E-state index in [0.717, 1.165) is 0 Å². The fraction of sp³-hybridized carbons (Fsp3) is 0.